The third-order valence-corrected chi connectivity index (χ3v) is 3.82. The maximum absolute atomic E-state index is 5.82. The third-order valence-electron chi connectivity index (χ3n) is 3.82. The minimum absolute atomic E-state index is 0.772. The van der Waals surface area contributed by atoms with Crippen LogP contribution in [0.3, 0.4) is 0 Å². The zero-order valence-electron chi connectivity index (χ0n) is 13.3. The second-order valence-corrected chi connectivity index (χ2v) is 5.67. The van der Waals surface area contributed by atoms with E-state index in [4.69, 9.17) is 4.74 Å². The first-order chi connectivity index (χ1) is 11.4. The van der Waals surface area contributed by atoms with Crippen molar-refractivity contribution in [2.45, 2.75) is 25.8 Å². The van der Waals surface area contributed by atoms with E-state index in [0.29, 0.717) is 0 Å². The van der Waals surface area contributed by atoms with Crippen LogP contribution >= 0.6 is 0 Å². The Morgan fingerprint density at radius 2 is 1.70 bits per heavy atom. The normalized spacial score (nSPS) is 10.6. The van der Waals surface area contributed by atoms with Gasteiger partial charge in [0.05, 0.1) is 12.9 Å². The highest BCUT2D eigenvalue weighted by Crippen LogP contribution is 2.14. The van der Waals surface area contributed by atoms with Crippen molar-refractivity contribution >= 4 is 0 Å². The number of hydrogen-bond acceptors (Lipinski definition) is 2. The summed E-state index contributed by atoms with van der Waals surface area (Å²) in [6, 6.07) is 18.9. The molecule has 0 N–H and O–H groups in total. The summed E-state index contributed by atoms with van der Waals surface area (Å²) in [5, 5.41) is 0. The van der Waals surface area contributed by atoms with Crippen molar-refractivity contribution in [1.82, 2.24) is 9.55 Å². The number of nitrogens with zero attached hydrogens (tertiary/aromatic N) is 2. The van der Waals surface area contributed by atoms with Gasteiger partial charge < -0.3 is 9.30 Å². The Labute approximate surface area is 137 Å². The Bertz CT molecular complexity index is 675. The second kappa shape index (κ2) is 8.18. The highest BCUT2D eigenvalue weighted by atomic mass is 16.5. The summed E-state index contributed by atoms with van der Waals surface area (Å²) in [6.45, 7) is 1.62. The maximum atomic E-state index is 5.82. The molecule has 0 aliphatic rings. The van der Waals surface area contributed by atoms with Gasteiger partial charge in [0.15, 0.2) is 0 Å². The highest BCUT2D eigenvalue weighted by molar-refractivity contribution is 5.27. The van der Waals surface area contributed by atoms with Crippen molar-refractivity contribution < 1.29 is 4.74 Å². The average Bonchev–Trinajstić information content (AvgIpc) is 3.10. The van der Waals surface area contributed by atoms with E-state index >= 15 is 0 Å². The SMILES string of the molecule is c1ccc(CCCCOc2ccc(Cn3ccnc3)cc2)cc1. The lowest BCUT2D eigenvalue weighted by Crippen LogP contribution is -1.99. The Morgan fingerprint density at radius 1 is 0.870 bits per heavy atom. The van der Waals surface area contributed by atoms with Crippen LogP contribution in [-0.4, -0.2) is 16.2 Å². The molecule has 3 rings (SSSR count). The molecule has 3 aromatic rings. The molecule has 0 aliphatic carbocycles. The van der Waals surface area contributed by atoms with E-state index in [1.165, 1.54) is 11.1 Å². The molecule has 0 unspecified atom stereocenters. The minimum atomic E-state index is 0.772. The molecule has 0 atom stereocenters. The molecule has 0 aliphatic heterocycles. The maximum Gasteiger partial charge on any atom is 0.119 e. The number of ether oxygens (including phenoxy) is 1. The van der Waals surface area contributed by atoms with Crippen molar-refractivity contribution in [2.75, 3.05) is 6.61 Å². The Kier molecular flexibility index (Phi) is 5.46. The van der Waals surface area contributed by atoms with Crippen LogP contribution in [0, 0.1) is 0 Å². The molecule has 0 radical (unpaired) electrons. The largest absolute Gasteiger partial charge is 0.494 e. The van der Waals surface area contributed by atoms with E-state index in [1.54, 1.807) is 6.20 Å². The van der Waals surface area contributed by atoms with Crippen LogP contribution < -0.4 is 4.74 Å². The van der Waals surface area contributed by atoms with E-state index in [0.717, 1.165) is 38.2 Å². The molecule has 0 spiro atoms. The Hall–Kier alpha value is -2.55. The fourth-order valence-corrected chi connectivity index (χ4v) is 2.55. The number of unbranched alkanes of at least 4 members (excludes halogenated alkanes) is 1. The van der Waals surface area contributed by atoms with E-state index in [2.05, 4.69) is 52.0 Å². The average molecular weight is 306 g/mol. The van der Waals surface area contributed by atoms with Crippen LogP contribution in [0.4, 0.5) is 0 Å². The van der Waals surface area contributed by atoms with Gasteiger partial charge in [0.25, 0.3) is 0 Å². The predicted molar refractivity (Wildman–Crippen MR) is 92.6 cm³/mol. The van der Waals surface area contributed by atoms with Gasteiger partial charge in [-0.25, -0.2) is 4.98 Å². The smallest absolute Gasteiger partial charge is 0.119 e. The summed E-state index contributed by atoms with van der Waals surface area (Å²) in [5.74, 6) is 0.944. The summed E-state index contributed by atoms with van der Waals surface area (Å²) in [7, 11) is 0. The van der Waals surface area contributed by atoms with E-state index in [-0.39, 0.29) is 0 Å². The molecule has 3 heteroatoms. The third kappa shape index (κ3) is 4.99. The van der Waals surface area contributed by atoms with Crippen molar-refractivity contribution in [3.05, 3.63) is 84.4 Å². The van der Waals surface area contributed by atoms with Gasteiger partial charge in [0.1, 0.15) is 5.75 Å². The zero-order chi connectivity index (χ0) is 15.7. The Morgan fingerprint density at radius 3 is 2.43 bits per heavy atom. The summed E-state index contributed by atoms with van der Waals surface area (Å²) >= 11 is 0. The van der Waals surface area contributed by atoms with Crippen molar-refractivity contribution in [1.29, 1.82) is 0 Å². The van der Waals surface area contributed by atoms with E-state index in [9.17, 15) is 0 Å². The molecule has 0 fully saturated rings. The van der Waals surface area contributed by atoms with Gasteiger partial charge in [-0.2, -0.15) is 0 Å². The lowest BCUT2D eigenvalue weighted by molar-refractivity contribution is 0.307. The van der Waals surface area contributed by atoms with Crippen LogP contribution in [0.5, 0.6) is 5.75 Å². The zero-order valence-corrected chi connectivity index (χ0v) is 13.3. The highest BCUT2D eigenvalue weighted by Gasteiger charge is 1.98. The van der Waals surface area contributed by atoms with Crippen molar-refractivity contribution in [3.8, 4) is 5.75 Å². The van der Waals surface area contributed by atoms with Gasteiger partial charge in [-0.05, 0) is 42.5 Å². The van der Waals surface area contributed by atoms with Gasteiger partial charge in [-0.3, -0.25) is 0 Å². The fourth-order valence-electron chi connectivity index (χ4n) is 2.55. The van der Waals surface area contributed by atoms with Crippen molar-refractivity contribution in [3.63, 3.8) is 0 Å². The Balaban J connectivity index is 1.37. The summed E-state index contributed by atoms with van der Waals surface area (Å²) in [5.41, 5.74) is 2.65. The molecule has 0 saturated carbocycles. The van der Waals surface area contributed by atoms with Gasteiger partial charge in [-0.15, -0.1) is 0 Å². The number of hydrogen-bond donors (Lipinski definition) is 0. The van der Waals surface area contributed by atoms with Gasteiger partial charge in [-0.1, -0.05) is 42.5 Å². The first-order valence-corrected chi connectivity index (χ1v) is 8.11. The number of benzene rings is 2. The summed E-state index contributed by atoms with van der Waals surface area (Å²) < 4.78 is 7.87. The van der Waals surface area contributed by atoms with Gasteiger partial charge in [0, 0.05) is 18.9 Å². The molecular formula is C20H22N2O. The van der Waals surface area contributed by atoms with Crippen molar-refractivity contribution in [2.24, 2.45) is 0 Å². The van der Waals surface area contributed by atoms with E-state index in [1.807, 2.05) is 24.7 Å². The number of aryl methyl sites for hydroxylation is 1. The van der Waals surface area contributed by atoms with Crippen LogP contribution in [-0.2, 0) is 13.0 Å². The number of aromatic nitrogens is 2. The standard InChI is InChI=1S/C20H22N2O/c1-2-6-18(7-3-1)8-4-5-15-23-20-11-9-19(10-12-20)16-22-14-13-21-17-22/h1-3,6-7,9-14,17H,4-5,8,15-16H2. The quantitative estimate of drug-likeness (QED) is 0.579. The van der Waals surface area contributed by atoms with E-state index < -0.39 is 0 Å². The first-order valence-electron chi connectivity index (χ1n) is 8.11. The first kappa shape index (κ1) is 15.3. The monoisotopic (exact) mass is 306 g/mol. The predicted octanol–water partition coefficient (Wildman–Crippen LogP) is 4.33. The molecule has 23 heavy (non-hydrogen) atoms. The molecule has 1 heterocycles. The van der Waals surface area contributed by atoms with Crippen LogP contribution in [0.15, 0.2) is 73.3 Å². The van der Waals surface area contributed by atoms with Crippen LogP contribution in [0.25, 0.3) is 0 Å². The molecule has 0 bridgehead atoms. The lowest BCUT2D eigenvalue weighted by atomic mass is 10.1. The number of imidazole rings is 1. The molecule has 0 saturated heterocycles. The van der Waals surface area contributed by atoms with Gasteiger partial charge in [0.2, 0.25) is 0 Å². The van der Waals surface area contributed by atoms with Crippen LogP contribution in [0.2, 0.25) is 0 Å². The van der Waals surface area contributed by atoms with Crippen LogP contribution in [0.1, 0.15) is 24.0 Å². The molecule has 1 aromatic heterocycles. The number of rotatable bonds is 8. The molecule has 0 amide bonds. The topological polar surface area (TPSA) is 27.1 Å². The summed E-state index contributed by atoms with van der Waals surface area (Å²) in [6.07, 6.45) is 8.95. The molecular weight excluding hydrogens is 284 g/mol. The van der Waals surface area contributed by atoms with Gasteiger partial charge >= 0.3 is 0 Å². The summed E-state index contributed by atoms with van der Waals surface area (Å²) in [4.78, 5) is 4.05. The fraction of sp³-hybridized carbons (Fsp3) is 0.250. The lowest BCUT2D eigenvalue weighted by Gasteiger charge is -2.08. The molecule has 3 nitrogen and oxygen atoms in total. The molecule has 118 valence electrons. The second-order valence-electron chi connectivity index (χ2n) is 5.67. The minimum Gasteiger partial charge on any atom is -0.494 e. The molecule has 2 aromatic carbocycles.